The zero-order valence-corrected chi connectivity index (χ0v) is 21.0. The summed E-state index contributed by atoms with van der Waals surface area (Å²) in [6, 6.07) is 4.01. The first kappa shape index (κ1) is 25.4. The quantitative estimate of drug-likeness (QED) is 0.457. The smallest absolute Gasteiger partial charge is 0.261 e. The van der Waals surface area contributed by atoms with E-state index < -0.39 is 17.1 Å². The number of fused-ring (bicyclic) bond motifs is 1. The maximum absolute atomic E-state index is 13.5. The van der Waals surface area contributed by atoms with Crippen LogP contribution in [-0.4, -0.2) is 39.9 Å². The van der Waals surface area contributed by atoms with Crippen molar-refractivity contribution in [2.75, 3.05) is 24.2 Å². The number of nitrogens with one attached hydrogen (secondary N) is 2. The summed E-state index contributed by atoms with van der Waals surface area (Å²) in [6.07, 6.45) is 3.85. The second kappa shape index (κ2) is 9.78. The topological polar surface area (TPSA) is 122 Å². The predicted octanol–water partition coefficient (Wildman–Crippen LogP) is 3.70. The Bertz CT molecular complexity index is 1120. The van der Waals surface area contributed by atoms with E-state index in [-0.39, 0.29) is 29.3 Å². The maximum atomic E-state index is 13.5. The Labute approximate surface area is 209 Å². The molecular weight excluding hydrogens is 473 g/mol. The molecule has 0 saturated heterocycles. The number of aliphatic hydroxyl groups is 1. The second-order valence-electron chi connectivity index (χ2n) is 10.6. The minimum absolute atomic E-state index is 0.0727. The first-order valence-electron chi connectivity index (χ1n) is 12.0. The number of anilines is 2. The van der Waals surface area contributed by atoms with Crippen LogP contribution in [-0.2, 0) is 11.8 Å². The molecule has 4 rings (SSSR count). The highest BCUT2D eigenvalue weighted by Crippen LogP contribution is 2.52. The molecule has 2 atom stereocenters. The Morgan fingerprint density at radius 3 is 2.51 bits per heavy atom. The molecular formula is C25H33ClFN5O3. The van der Waals surface area contributed by atoms with E-state index in [2.05, 4.69) is 15.7 Å². The molecule has 2 unspecified atom stereocenters. The van der Waals surface area contributed by atoms with Crippen LogP contribution in [0.5, 0.6) is 0 Å². The van der Waals surface area contributed by atoms with Crippen molar-refractivity contribution >= 4 is 34.9 Å². The van der Waals surface area contributed by atoms with Crippen LogP contribution in [0, 0.1) is 29.0 Å². The maximum Gasteiger partial charge on any atom is 0.261 e. The van der Waals surface area contributed by atoms with Gasteiger partial charge in [-0.1, -0.05) is 11.6 Å². The molecule has 0 spiro atoms. The van der Waals surface area contributed by atoms with E-state index in [1.165, 1.54) is 22.9 Å². The number of aromatic nitrogens is 2. The van der Waals surface area contributed by atoms with Crippen LogP contribution >= 0.6 is 11.6 Å². The molecule has 1 aromatic heterocycles. The highest BCUT2D eigenvalue weighted by molar-refractivity contribution is 6.31. The van der Waals surface area contributed by atoms with Gasteiger partial charge in [0.05, 0.1) is 22.7 Å². The molecule has 8 nitrogen and oxygen atoms in total. The molecule has 0 radical (unpaired) electrons. The third-order valence-electron chi connectivity index (χ3n) is 7.58. The summed E-state index contributed by atoms with van der Waals surface area (Å²) in [5, 5.41) is 19.7. The number of carbonyl (C=O) groups excluding carboxylic acids is 2. The lowest BCUT2D eigenvalue weighted by Crippen LogP contribution is -2.41. The van der Waals surface area contributed by atoms with Gasteiger partial charge in [0, 0.05) is 25.2 Å². The highest BCUT2D eigenvalue weighted by Gasteiger charge is 2.44. The molecule has 2 amide bonds. The zero-order chi connectivity index (χ0) is 25.5. The SMILES string of the molecule is Cn1nc(C2CC3CC(CNC(=O)C(C)(C)CO)CC3C2)c(C(=O)Nc2ccc(F)c(Cl)c2)c1N. The van der Waals surface area contributed by atoms with Gasteiger partial charge in [0.1, 0.15) is 17.2 Å². The van der Waals surface area contributed by atoms with Gasteiger partial charge in [0.15, 0.2) is 0 Å². The second-order valence-corrected chi connectivity index (χ2v) is 11.0. The standard InChI is InChI=1S/C25H33ClFN5O3/c1-25(2,12-33)24(35)29-11-13-6-14-8-16(9-15(14)7-13)21-20(22(28)32(3)31-21)23(34)30-17-4-5-19(27)18(26)10-17/h4-5,10,13-16,33H,6-9,11-12,28H2,1-3H3,(H,29,35)(H,30,34). The van der Waals surface area contributed by atoms with E-state index in [0.717, 1.165) is 25.7 Å². The van der Waals surface area contributed by atoms with Crippen molar-refractivity contribution in [3.63, 3.8) is 0 Å². The fourth-order valence-electron chi connectivity index (χ4n) is 5.52. The molecule has 10 heteroatoms. The van der Waals surface area contributed by atoms with Crippen molar-refractivity contribution in [2.24, 2.45) is 30.2 Å². The van der Waals surface area contributed by atoms with Gasteiger partial charge < -0.3 is 21.5 Å². The van der Waals surface area contributed by atoms with Crippen molar-refractivity contribution in [1.82, 2.24) is 15.1 Å². The normalized spacial score (nSPS) is 23.8. The Hall–Kier alpha value is -2.65. The Kier molecular flexibility index (Phi) is 7.11. The lowest BCUT2D eigenvalue weighted by molar-refractivity contribution is -0.131. The van der Waals surface area contributed by atoms with Gasteiger partial charge in [-0.2, -0.15) is 5.10 Å². The lowest BCUT2D eigenvalue weighted by Gasteiger charge is -2.22. The third-order valence-corrected chi connectivity index (χ3v) is 7.87. The van der Waals surface area contributed by atoms with E-state index in [4.69, 9.17) is 17.3 Å². The Morgan fingerprint density at radius 1 is 1.26 bits per heavy atom. The number of hydrogen-bond acceptors (Lipinski definition) is 5. The average molecular weight is 506 g/mol. The zero-order valence-electron chi connectivity index (χ0n) is 20.3. The van der Waals surface area contributed by atoms with E-state index in [1.807, 2.05) is 0 Å². The highest BCUT2D eigenvalue weighted by atomic mass is 35.5. The van der Waals surface area contributed by atoms with Crippen LogP contribution in [0.25, 0.3) is 0 Å². The molecule has 0 aliphatic heterocycles. The number of aryl methyl sites for hydroxylation is 1. The predicted molar refractivity (Wildman–Crippen MR) is 133 cm³/mol. The van der Waals surface area contributed by atoms with Gasteiger partial charge in [-0.05, 0) is 75.5 Å². The average Bonchev–Trinajstić information content (AvgIpc) is 3.46. The first-order valence-corrected chi connectivity index (χ1v) is 12.4. The summed E-state index contributed by atoms with van der Waals surface area (Å²) in [4.78, 5) is 25.4. The van der Waals surface area contributed by atoms with Crippen molar-refractivity contribution in [1.29, 1.82) is 0 Å². The number of benzene rings is 1. The monoisotopic (exact) mass is 505 g/mol. The van der Waals surface area contributed by atoms with Crippen molar-refractivity contribution in [3.05, 3.63) is 40.3 Å². The molecule has 1 heterocycles. The fraction of sp³-hybridized carbons (Fsp3) is 0.560. The Morgan fingerprint density at radius 2 is 1.91 bits per heavy atom. The fourth-order valence-corrected chi connectivity index (χ4v) is 5.70. The summed E-state index contributed by atoms with van der Waals surface area (Å²) < 4.78 is 15.0. The molecule has 35 heavy (non-hydrogen) atoms. The van der Waals surface area contributed by atoms with Crippen molar-refractivity contribution in [2.45, 2.75) is 45.4 Å². The molecule has 190 valence electrons. The number of amides is 2. The van der Waals surface area contributed by atoms with Crippen LogP contribution in [0.2, 0.25) is 5.02 Å². The van der Waals surface area contributed by atoms with Gasteiger partial charge >= 0.3 is 0 Å². The summed E-state index contributed by atoms with van der Waals surface area (Å²) in [5.41, 5.74) is 6.88. The van der Waals surface area contributed by atoms with Gasteiger partial charge in [0.2, 0.25) is 5.91 Å². The molecule has 2 aromatic rings. The molecule has 2 aliphatic rings. The number of nitrogens with zero attached hydrogens (tertiary/aromatic N) is 2. The molecule has 2 aliphatic carbocycles. The van der Waals surface area contributed by atoms with E-state index in [0.29, 0.717) is 41.2 Å². The van der Waals surface area contributed by atoms with Crippen LogP contribution in [0.4, 0.5) is 15.9 Å². The Balaban J connectivity index is 1.41. The summed E-state index contributed by atoms with van der Waals surface area (Å²) in [5.74, 6) is 0.743. The van der Waals surface area contributed by atoms with Crippen LogP contribution in [0.3, 0.4) is 0 Å². The minimum atomic E-state index is -0.783. The van der Waals surface area contributed by atoms with E-state index in [1.54, 1.807) is 20.9 Å². The minimum Gasteiger partial charge on any atom is -0.395 e. The third kappa shape index (κ3) is 5.16. The number of carbonyl (C=O) groups is 2. The van der Waals surface area contributed by atoms with Crippen molar-refractivity contribution in [3.8, 4) is 0 Å². The molecule has 1 aromatic carbocycles. The molecule has 2 saturated carbocycles. The molecule has 2 fully saturated rings. The number of halogens is 2. The number of hydrogen-bond donors (Lipinski definition) is 4. The number of nitrogen functional groups attached to an aromatic ring is 1. The molecule has 0 bridgehead atoms. The molecule has 5 N–H and O–H groups in total. The van der Waals surface area contributed by atoms with Crippen molar-refractivity contribution < 1.29 is 19.1 Å². The number of nitrogens with two attached hydrogens (primary N) is 1. The first-order chi connectivity index (χ1) is 16.5. The summed E-state index contributed by atoms with van der Waals surface area (Å²) >= 11 is 5.85. The summed E-state index contributed by atoms with van der Waals surface area (Å²) in [6.45, 7) is 3.89. The lowest BCUT2D eigenvalue weighted by atomic mass is 9.92. The van der Waals surface area contributed by atoms with E-state index in [9.17, 15) is 19.1 Å². The van der Waals surface area contributed by atoms with Gasteiger partial charge in [0.25, 0.3) is 5.91 Å². The number of rotatable bonds is 7. The summed E-state index contributed by atoms with van der Waals surface area (Å²) in [7, 11) is 1.72. The number of aliphatic hydroxyl groups excluding tert-OH is 1. The van der Waals surface area contributed by atoms with Gasteiger partial charge in [-0.3, -0.25) is 14.3 Å². The van der Waals surface area contributed by atoms with Crippen LogP contribution in [0.1, 0.15) is 61.5 Å². The van der Waals surface area contributed by atoms with Gasteiger partial charge in [-0.15, -0.1) is 0 Å². The largest absolute Gasteiger partial charge is 0.395 e. The van der Waals surface area contributed by atoms with Gasteiger partial charge in [-0.25, -0.2) is 4.39 Å². The van der Waals surface area contributed by atoms with Crippen LogP contribution < -0.4 is 16.4 Å². The van der Waals surface area contributed by atoms with E-state index >= 15 is 0 Å². The van der Waals surface area contributed by atoms with Crippen LogP contribution in [0.15, 0.2) is 18.2 Å².